The number of halogens is 1. The summed E-state index contributed by atoms with van der Waals surface area (Å²) in [5.74, 6) is -0.424. The number of aryl methyl sites for hydroxylation is 1. The van der Waals surface area contributed by atoms with Crippen LogP contribution in [0.2, 0.25) is 0 Å². The summed E-state index contributed by atoms with van der Waals surface area (Å²) < 4.78 is 25.2. The van der Waals surface area contributed by atoms with Gasteiger partial charge >= 0.3 is 6.09 Å². The lowest BCUT2D eigenvalue weighted by molar-refractivity contribution is 0.0574. The fourth-order valence-corrected chi connectivity index (χ4v) is 3.29. The first-order valence-electron chi connectivity index (χ1n) is 7.98. The van der Waals surface area contributed by atoms with E-state index in [0.29, 0.717) is 5.69 Å². The largest absolute Gasteiger partial charge is 0.443 e. The molecule has 0 aromatic carbocycles. The molecule has 0 radical (unpaired) electrons. The lowest BCUT2D eigenvalue weighted by Gasteiger charge is -2.36. The Hall–Kier alpha value is -1.48. The predicted molar refractivity (Wildman–Crippen MR) is 93.1 cm³/mol. The molecule has 1 aliphatic heterocycles. The summed E-state index contributed by atoms with van der Waals surface area (Å²) in [5.41, 5.74) is -0.212. The Bertz CT molecular complexity index is 567. The number of hydrogen-bond donors (Lipinski definition) is 1. The van der Waals surface area contributed by atoms with Gasteiger partial charge in [0.05, 0.1) is 18.3 Å². The van der Waals surface area contributed by atoms with Crippen molar-refractivity contribution in [2.24, 2.45) is 7.05 Å². The van der Waals surface area contributed by atoms with Crippen LogP contribution in [-0.4, -0.2) is 52.6 Å². The molecule has 7 nitrogen and oxygen atoms in total. The second-order valence-corrected chi connectivity index (χ2v) is 7.78. The van der Waals surface area contributed by atoms with Gasteiger partial charge in [-0.3, -0.25) is 4.31 Å². The third-order valence-electron chi connectivity index (χ3n) is 3.73. The zero-order chi connectivity index (χ0) is 17.9. The number of hydrogen-bond acceptors (Lipinski definition) is 6. The molecule has 0 atom stereocenters. The van der Waals surface area contributed by atoms with Crippen LogP contribution in [0, 0.1) is 5.95 Å². The van der Waals surface area contributed by atoms with E-state index in [1.54, 1.807) is 32.1 Å². The van der Waals surface area contributed by atoms with Crippen LogP contribution < -0.4 is 9.03 Å². The van der Waals surface area contributed by atoms with Crippen molar-refractivity contribution in [1.29, 1.82) is 0 Å². The van der Waals surface area contributed by atoms with E-state index < -0.39 is 17.6 Å². The van der Waals surface area contributed by atoms with E-state index in [2.05, 4.69) is 21.8 Å². The van der Waals surface area contributed by atoms with E-state index in [9.17, 15) is 9.18 Å². The Morgan fingerprint density at radius 2 is 2.04 bits per heavy atom. The zero-order valence-electron chi connectivity index (χ0n) is 14.9. The van der Waals surface area contributed by atoms with Crippen molar-refractivity contribution in [3.8, 4) is 0 Å². The molecular formula is C15H26FN5O2S. The first-order chi connectivity index (χ1) is 11.2. The molecule has 1 aliphatic rings. The molecule has 0 saturated carbocycles. The Balaban J connectivity index is 2.08. The molecule has 0 spiro atoms. The van der Waals surface area contributed by atoms with Crippen molar-refractivity contribution in [3.05, 3.63) is 12.1 Å². The first-order valence-corrected chi connectivity index (χ1v) is 8.76. The number of likely N-dealkylation sites (tertiary alicyclic amines) is 1. The molecule has 1 saturated heterocycles. The lowest BCUT2D eigenvalue weighted by Crippen LogP contribution is -2.43. The van der Waals surface area contributed by atoms with E-state index in [1.807, 2.05) is 0 Å². The third-order valence-corrected chi connectivity index (χ3v) is 4.68. The Morgan fingerprint density at radius 3 is 2.54 bits per heavy atom. The molecule has 1 aromatic rings. The predicted octanol–water partition coefficient (Wildman–Crippen LogP) is 2.55. The summed E-state index contributed by atoms with van der Waals surface area (Å²) >= 11 is 1.06. The number of carbonyl (C=O) groups excluding carboxylic acids is 1. The van der Waals surface area contributed by atoms with Crippen LogP contribution in [0.25, 0.3) is 0 Å². The van der Waals surface area contributed by atoms with Gasteiger partial charge in [0.2, 0.25) is 5.95 Å². The normalized spacial score (nSPS) is 16.9. The summed E-state index contributed by atoms with van der Waals surface area (Å²) in [5, 5.41) is 3.97. The SMILES string of the molecule is CN1CCC(N(SNC(=O)OC(C)(C)C)c2cnn(C)c2F)CC1. The molecule has 1 fully saturated rings. The van der Waals surface area contributed by atoms with Gasteiger partial charge in [-0.25, -0.2) is 14.2 Å². The van der Waals surface area contributed by atoms with Crippen molar-refractivity contribution < 1.29 is 13.9 Å². The molecular weight excluding hydrogens is 333 g/mol. The van der Waals surface area contributed by atoms with Gasteiger partial charge in [-0.15, -0.1) is 0 Å². The van der Waals surface area contributed by atoms with Gasteiger partial charge < -0.3 is 9.64 Å². The first kappa shape index (κ1) is 18.9. The molecule has 1 aromatic heterocycles. The van der Waals surface area contributed by atoms with Gasteiger partial charge in [0.1, 0.15) is 11.3 Å². The second kappa shape index (κ2) is 7.60. The van der Waals surface area contributed by atoms with Gasteiger partial charge in [-0.2, -0.15) is 9.49 Å². The number of ether oxygens (including phenoxy) is 1. The quantitative estimate of drug-likeness (QED) is 0.834. The van der Waals surface area contributed by atoms with Crippen LogP contribution >= 0.6 is 12.1 Å². The molecule has 0 unspecified atom stereocenters. The molecule has 1 amide bonds. The molecule has 136 valence electrons. The van der Waals surface area contributed by atoms with E-state index >= 15 is 0 Å². The molecule has 0 bridgehead atoms. The van der Waals surface area contributed by atoms with Crippen LogP contribution in [0.3, 0.4) is 0 Å². The zero-order valence-corrected chi connectivity index (χ0v) is 15.7. The Labute approximate surface area is 146 Å². The summed E-state index contributed by atoms with van der Waals surface area (Å²) in [6, 6.07) is 0.111. The minimum Gasteiger partial charge on any atom is -0.443 e. The van der Waals surface area contributed by atoms with Gasteiger partial charge in [-0.05, 0) is 53.8 Å². The average Bonchev–Trinajstić information content (AvgIpc) is 2.80. The highest BCUT2D eigenvalue weighted by Crippen LogP contribution is 2.30. The molecule has 0 aliphatic carbocycles. The smallest absolute Gasteiger partial charge is 0.419 e. The van der Waals surface area contributed by atoms with Crippen molar-refractivity contribution in [1.82, 2.24) is 19.4 Å². The molecule has 2 heterocycles. The highest BCUT2D eigenvalue weighted by Gasteiger charge is 2.29. The van der Waals surface area contributed by atoms with Crippen LogP contribution in [-0.2, 0) is 11.8 Å². The molecule has 24 heavy (non-hydrogen) atoms. The molecule has 2 rings (SSSR count). The number of anilines is 1. The number of rotatable bonds is 4. The topological polar surface area (TPSA) is 62.6 Å². The Morgan fingerprint density at radius 1 is 1.42 bits per heavy atom. The van der Waals surface area contributed by atoms with E-state index in [-0.39, 0.29) is 6.04 Å². The fourth-order valence-electron chi connectivity index (χ4n) is 2.49. The molecule has 9 heteroatoms. The van der Waals surface area contributed by atoms with Gasteiger partial charge in [0.15, 0.2) is 0 Å². The summed E-state index contributed by atoms with van der Waals surface area (Å²) in [6.45, 7) is 7.25. The van der Waals surface area contributed by atoms with Crippen molar-refractivity contribution in [3.63, 3.8) is 0 Å². The highest BCUT2D eigenvalue weighted by molar-refractivity contribution is 7.99. The van der Waals surface area contributed by atoms with E-state index in [1.165, 1.54) is 10.9 Å². The van der Waals surface area contributed by atoms with Crippen LogP contribution in [0.15, 0.2) is 6.20 Å². The van der Waals surface area contributed by atoms with Crippen LogP contribution in [0.5, 0.6) is 0 Å². The summed E-state index contributed by atoms with van der Waals surface area (Å²) in [7, 11) is 3.62. The minimum absolute atomic E-state index is 0.111. The maximum atomic E-state index is 14.3. The number of aromatic nitrogens is 2. The van der Waals surface area contributed by atoms with E-state index in [4.69, 9.17) is 4.74 Å². The van der Waals surface area contributed by atoms with Crippen LogP contribution in [0.1, 0.15) is 33.6 Å². The molecule has 1 N–H and O–H groups in total. The number of nitrogens with one attached hydrogen (secondary N) is 1. The van der Waals surface area contributed by atoms with Crippen LogP contribution in [0.4, 0.5) is 14.9 Å². The van der Waals surface area contributed by atoms with Crippen molar-refractivity contribution in [2.45, 2.75) is 45.3 Å². The summed E-state index contributed by atoms with van der Waals surface area (Å²) in [4.78, 5) is 14.2. The van der Waals surface area contributed by atoms with E-state index in [0.717, 1.165) is 38.1 Å². The van der Waals surface area contributed by atoms with Gasteiger partial charge in [-0.1, -0.05) is 0 Å². The van der Waals surface area contributed by atoms with Gasteiger partial charge in [0, 0.05) is 13.1 Å². The third kappa shape index (κ3) is 5.01. The highest BCUT2D eigenvalue weighted by atomic mass is 32.2. The number of piperidine rings is 1. The maximum absolute atomic E-state index is 14.3. The average molecular weight is 359 g/mol. The fraction of sp³-hybridized carbons (Fsp3) is 0.733. The standard InChI is InChI=1S/C15H26FN5O2S/c1-15(2,3)23-14(22)18-24-21(11-6-8-19(4)9-7-11)12-10-17-20(5)13(12)16/h10-11H,6-9H2,1-5H3,(H,18,22). The Kier molecular flexibility index (Phi) is 5.97. The monoisotopic (exact) mass is 359 g/mol. The second-order valence-electron chi connectivity index (χ2n) is 7.00. The minimum atomic E-state index is -0.581. The lowest BCUT2D eigenvalue weighted by atomic mass is 10.1. The number of carbonyl (C=O) groups is 1. The van der Waals surface area contributed by atoms with Gasteiger partial charge in [0.25, 0.3) is 0 Å². The van der Waals surface area contributed by atoms with Crippen molar-refractivity contribution in [2.75, 3.05) is 24.4 Å². The summed E-state index contributed by atoms with van der Waals surface area (Å²) in [6.07, 6.45) is 2.70. The maximum Gasteiger partial charge on any atom is 0.419 e. The van der Waals surface area contributed by atoms with Crippen molar-refractivity contribution >= 4 is 23.9 Å². The number of nitrogens with zero attached hydrogens (tertiary/aromatic N) is 4. The number of amides is 1.